The molecule has 0 spiro atoms. The number of aromatic hydroxyl groups is 1. The number of rotatable bonds is 7. The fourth-order valence-corrected chi connectivity index (χ4v) is 2.03. The number of phenolic OH excluding ortho intramolecular Hbond substituents is 1. The fourth-order valence-electron chi connectivity index (χ4n) is 2.03. The Balaban J connectivity index is 2.71. The molecule has 0 heterocycles. The Labute approximate surface area is 128 Å². The number of esters is 1. The zero-order valence-corrected chi connectivity index (χ0v) is 12.7. The molecule has 0 aliphatic carbocycles. The third-order valence-corrected chi connectivity index (χ3v) is 3.37. The van der Waals surface area contributed by atoms with Crippen LogP contribution >= 0.6 is 0 Å². The minimum atomic E-state index is -4.58. The van der Waals surface area contributed by atoms with Gasteiger partial charge in [-0.2, -0.15) is 13.2 Å². The molecule has 6 heteroatoms. The quantitative estimate of drug-likeness (QED) is 0.582. The lowest BCUT2D eigenvalue weighted by Crippen LogP contribution is -2.33. The summed E-state index contributed by atoms with van der Waals surface area (Å²) < 4.78 is 43.4. The Hall–Kier alpha value is -1.72. The van der Waals surface area contributed by atoms with Crippen LogP contribution in [0.3, 0.4) is 0 Å². The fraction of sp³-hybridized carbons (Fsp3) is 0.562. The van der Waals surface area contributed by atoms with Gasteiger partial charge in [-0.25, -0.2) is 4.79 Å². The van der Waals surface area contributed by atoms with Gasteiger partial charge < -0.3 is 9.84 Å². The van der Waals surface area contributed by atoms with Crippen molar-refractivity contribution in [2.45, 2.75) is 58.2 Å². The maximum Gasteiger partial charge on any atom is 0.425 e. The molecule has 0 fully saturated rings. The number of hydrogen-bond acceptors (Lipinski definition) is 3. The molecule has 0 aliphatic rings. The SMILES string of the molecule is CCCCCC[C@@H](OC(=O)c1ccc(O)c(C)c1)C(F)(F)F. The van der Waals surface area contributed by atoms with Crippen molar-refractivity contribution in [2.24, 2.45) is 0 Å². The van der Waals surface area contributed by atoms with Crippen LogP contribution in [0.1, 0.15) is 54.9 Å². The van der Waals surface area contributed by atoms with E-state index in [1.807, 2.05) is 6.92 Å². The van der Waals surface area contributed by atoms with Crippen molar-refractivity contribution in [1.29, 1.82) is 0 Å². The second-order valence-electron chi connectivity index (χ2n) is 5.29. The molecule has 0 saturated carbocycles. The molecule has 0 bridgehead atoms. The van der Waals surface area contributed by atoms with Crippen molar-refractivity contribution in [1.82, 2.24) is 0 Å². The lowest BCUT2D eigenvalue weighted by atomic mass is 10.1. The first kappa shape index (κ1) is 18.3. The number of unbranched alkanes of at least 4 members (excludes halogenated alkanes) is 3. The maximum absolute atomic E-state index is 12.9. The van der Waals surface area contributed by atoms with Crippen LogP contribution in [0.5, 0.6) is 5.75 Å². The summed E-state index contributed by atoms with van der Waals surface area (Å²) >= 11 is 0. The molecule has 1 N–H and O–H groups in total. The van der Waals surface area contributed by atoms with E-state index in [0.717, 1.165) is 12.8 Å². The topological polar surface area (TPSA) is 46.5 Å². The number of carbonyl (C=O) groups excluding carboxylic acids is 1. The Kier molecular flexibility index (Phi) is 6.71. The minimum absolute atomic E-state index is 0.00175. The van der Waals surface area contributed by atoms with Gasteiger partial charge in [0.15, 0.2) is 6.10 Å². The largest absolute Gasteiger partial charge is 0.508 e. The predicted molar refractivity (Wildman–Crippen MR) is 76.9 cm³/mol. The van der Waals surface area contributed by atoms with Crippen molar-refractivity contribution in [3.8, 4) is 5.75 Å². The van der Waals surface area contributed by atoms with Crippen LogP contribution in [0, 0.1) is 6.92 Å². The number of carbonyl (C=O) groups is 1. The van der Waals surface area contributed by atoms with Crippen LogP contribution < -0.4 is 0 Å². The van der Waals surface area contributed by atoms with Gasteiger partial charge in [0.1, 0.15) is 5.75 Å². The highest BCUT2D eigenvalue weighted by Crippen LogP contribution is 2.28. The van der Waals surface area contributed by atoms with Gasteiger partial charge in [-0.3, -0.25) is 0 Å². The van der Waals surface area contributed by atoms with E-state index in [1.54, 1.807) is 6.92 Å². The van der Waals surface area contributed by atoms with E-state index in [4.69, 9.17) is 0 Å². The smallest absolute Gasteiger partial charge is 0.425 e. The van der Waals surface area contributed by atoms with Crippen LogP contribution in [0.25, 0.3) is 0 Å². The number of aryl methyl sites for hydroxylation is 1. The number of hydrogen-bond donors (Lipinski definition) is 1. The summed E-state index contributed by atoms with van der Waals surface area (Å²) in [5.41, 5.74) is 0.402. The van der Waals surface area contributed by atoms with E-state index in [9.17, 15) is 23.1 Å². The molecule has 0 aliphatic heterocycles. The molecule has 0 radical (unpaired) electrons. The summed E-state index contributed by atoms with van der Waals surface area (Å²) in [7, 11) is 0. The van der Waals surface area contributed by atoms with E-state index in [-0.39, 0.29) is 17.7 Å². The molecular weight excluding hydrogens is 297 g/mol. The van der Waals surface area contributed by atoms with Crippen molar-refractivity contribution in [3.63, 3.8) is 0 Å². The van der Waals surface area contributed by atoms with Crippen molar-refractivity contribution in [2.75, 3.05) is 0 Å². The van der Waals surface area contributed by atoms with Crippen molar-refractivity contribution >= 4 is 5.97 Å². The Bertz CT molecular complexity index is 498. The highest BCUT2D eigenvalue weighted by atomic mass is 19.4. The number of alkyl halides is 3. The zero-order chi connectivity index (χ0) is 16.8. The molecule has 22 heavy (non-hydrogen) atoms. The van der Waals surface area contributed by atoms with Crippen LogP contribution in [0.2, 0.25) is 0 Å². The molecule has 124 valence electrons. The van der Waals surface area contributed by atoms with E-state index in [0.29, 0.717) is 18.4 Å². The molecule has 1 aromatic carbocycles. The standard InChI is InChI=1S/C16H21F3O3/c1-3-4-5-6-7-14(16(17,18)19)22-15(21)12-8-9-13(20)11(2)10-12/h8-10,14,20H,3-7H2,1-2H3/t14-/m1/s1. The van der Waals surface area contributed by atoms with Gasteiger partial charge in [0.05, 0.1) is 5.56 Å². The third kappa shape index (κ3) is 5.58. The van der Waals surface area contributed by atoms with Gasteiger partial charge in [0, 0.05) is 0 Å². The summed E-state index contributed by atoms with van der Waals surface area (Å²) in [5.74, 6) is -1.05. The maximum atomic E-state index is 12.9. The van der Waals surface area contributed by atoms with Gasteiger partial charge in [-0.05, 0) is 43.5 Å². The number of benzene rings is 1. The lowest BCUT2D eigenvalue weighted by Gasteiger charge is -2.20. The number of halogens is 3. The summed E-state index contributed by atoms with van der Waals surface area (Å²) in [6.45, 7) is 3.52. The number of ether oxygens (including phenoxy) is 1. The summed E-state index contributed by atoms with van der Waals surface area (Å²) in [6, 6.07) is 3.81. The Morgan fingerprint density at radius 3 is 2.50 bits per heavy atom. The van der Waals surface area contributed by atoms with Crippen molar-refractivity contribution in [3.05, 3.63) is 29.3 Å². The molecule has 1 atom stereocenters. The summed E-state index contributed by atoms with van der Waals surface area (Å²) in [4.78, 5) is 11.9. The molecule has 0 saturated heterocycles. The Morgan fingerprint density at radius 2 is 1.95 bits per heavy atom. The first-order chi connectivity index (χ1) is 10.3. The monoisotopic (exact) mass is 318 g/mol. The summed E-state index contributed by atoms with van der Waals surface area (Å²) in [5, 5.41) is 9.37. The third-order valence-electron chi connectivity index (χ3n) is 3.37. The van der Waals surface area contributed by atoms with E-state index in [1.165, 1.54) is 18.2 Å². The first-order valence-electron chi connectivity index (χ1n) is 7.33. The average molecular weight is 318 g/mol. The van der Waals surface area contributed by atoms with Crippen LogP contribution in [-0.2, 0) is 4.74 Å². The zero-order valence-electron chi connectivity index (χ0n) is 12.7. The van der Waals surface area contributed by atoms with Gasteiger partial charge >= 0.3 is 12.1 Å². The Morgan fingerprint density at radius 1 is 1.27 bits per heavy atom. The molecular formula is C16H21F3O3. The average Bonchev–Trinajstić information content (AvgIpc) is 2.43. The first-order valence-corrected chi connectivity index (χ1v) is 7.33. The van der Waals surface area contributed by atoms with Crippen LogP contribution in [0.15, 0.2) is 18.2 Å². The van der Waals surface area contributed by atoms with Crippen molar-refractivity contribution < 1.29 is 27.8 Å². The molecule has 1 aromatic rings. The molecule has 0 unspecified atom stereocenters. The highest BCUT2D eigenvalue weighted by Gasteiger charge is 2.42. The minimum Gasteiger partial charge on any atom is -0.508 e. The summed E-state index contributed by atoms with van der Waals surface area (Å²) in [6.07, 6.45) is -4.08. The predicted octanol–water partition coefficient (Wildman–Crippen LogP) is 4.76. The molecule has 1 rings (SSSR count). The van der Waals surface area contributed by atoms with Gasteiger partial charge in [0.25, 0.3) is 0 Å². The number of phenols is 1. The molecule has 3 nitrogen and oxygen atoms in total. The van der Waals surface area contributed by atoms with Crippen LogP contribution in [-0.4, -0.2) is 23.4 Å². The second-order valence-corrected chi connectivity index (χ2v) is 5.29. The van der Waals surface area contributed by atoms with Crippen LogP contribution in [0.4, 0.5) is 13.2 Å². The lowest BCUT2D eigenvalue weighted by molar-refractivity contribution is -0.206. The normalized spacial score (nSPS) is 13.0. The van der Waals surface area contributed by atoms with Gasteiger partial charge in [0.2, 0.25) is 0 Å². The molecule has 0 amide bonds. The van der Waals surface area contributed by atoms with E-state index >= 15 is 0 Å². The second kappa shape index (κ2) is 8.06. The van der Waals surface area contributed by atoms with E-state index in [2.05, 4.69) is 4.74 Å². The van der Waals surface area contributed by atoms with Gasteiger partial charge in [-0.15, -0.1) is 0 Å². The highest BCUT2D eigenvalue weighted by molar-refractivity contribution is 5.90. The van der Waals surface area contributed by atoms with E-state index < -0.39 is 18.2 Å². The van der Waals surface area contributed by atoms with Gasteiger partial charge in [-0.1, -0.05) is 26.2 Å². The molecule has 0 aromatic heterocycles.